The lowest BCUT2D eigenvalue weighted by atomic mass is 9.91. The van der Waals surface area contributed by atoms with E-state index in [0.29, 0.717) is 5.92 Å². The quantitative estimate of drug-likeness (QED) is 0.613. The average Bonchev–Trinajstić information content (AvgIpc) is 2.90. The lowest BCUT2D eigenvalue weighted by Crippen LogP contribution is -2.32. The summed E-state index contributed by atoms with van der Waals surface area (Å²) in [6.45, 7) is 6.37. The van der Waals surface area contributed by atoms with Gasteiger partial charge in [-0.3, -0.25) is 11.3 Å². The summed E-state index contributed by atoms with van der Waals surface area (Å²) in [5, 5.41) is 0. The van der Waals surface area contributed by atoms with Crippen LogP contribution in [0.4, 0.5) is 0 Å². The van der Waals surface area contributed by atoms with Crippen LogP contribution in [0.2, 0.25) is 0 Å². The minimum atomic E-state index is 0.212. The Morgan fingerprint density at radius 1 is 1.25 bits per heavy atom. The first-order valence-electron chi connectivity index (χ1n) is 7.86. The van der Waals surface area contributed by atoms with Gasteiger partial charge in [0, 0.05) is 6.04 Å². The van der Waals surface area contributed by atoms with Gasteiger partial charge in [-0.2, -0.15) is 0 Å². The van der Waals surface area contributed by atoms with E-state index in [1.807, 2.05) is 26.0 Å². The minimum absolute atomic E-state index is 0.212. The van der Waals surface area contributed by atoms with E-state index in [-0.39, 0.29) is 12.1 Å². The van der Waals surface area contributed by atoms with Crippen LogP contribution < -0.4 is 16.0 Å². The molecule has 1 aliphatic rings. The van der Waals surface area contributed by atoms with Crippen LogP contribution in [0.1, 0.15) is 58.1 Å². The van der Waals surface area contributed by atoms with Crippen molar-refractivity contribution in [3.8, 4) is 5.75 Å². The molecule has 20 heavy (non-hydrogen) atoms. The highest BCUT2D eigenvalue weighted by Crippen LogP contribution is 2.40. The van der Waals surface area contributed by atoms with Crippen LogP contribution in [-0.4, -0.2) is 6.10 Å². The van der Waals surface area contributed by atoms with E-state index < -0.39 is 0 Å². The molecule has 0 aromatic heterocycles. The molecule has 0 amide bonds. The number of ether oxygens (including phenoxy) is 1. The highest BCUT2D eigenvalue weighted by atomic mass is 16.5. The molecule has 3 atom stereocenters. The van der Waals surface area contributed by atoms with E-state index in [9.17, 15) is 0 Å². The van der Waals surface area contributed by atoms with E-state index in [1.54, 1.807) is 0 Å². The number of hydrogen-bond donors (Lipinski definition) is 2. The monoisotopic (exact) mass is 276 g/mol. The van der Waals surface area contributed by atoms with E-state index in [1.165, 1.54) is 31.2 Å². The predicted octanol–water partition coefficient (Wildman–Crippen LogP) is 3.80. The maximum atomic E-state index is 5.81. The van der Waals surface area contributed by atoms with Crippen LogP contribution in [-0.2, 0) is 0 Å². The van der Waals surface area contributed by atoms with Crippen molar-refractivity contribution in [1.82, 2.24) is 5.43 Å². The van der Waals surface area contributed by atoms with Crippen LogP contribution in [0.25, 0.3) is 0 Å². The number of nitrogens with one attached hydrogen (secondary N) is 1. The van der Waals surface area contributed by atoms with Crippen LogP contribution in [0, 0.1) is 11.8 Å². The zero-order chi connectivity index (χ0) is 14.5. The fraction of sp³-hybridized carbons (Fsp3) is 0.647. The Bertz CT molecular complexity index is 402. The lowest BCUT2D eigenvalue weighted by molar-refractivity contribution is 0.242. The van der Waals surface area contributed by atoms with E-state index in [4.69, 9.17) is 10.6 Å². The van der Waals surface area contributed by atoms with Crippen molar-refractivity contribution in [3.63, 3.8) is 0 Å². The molecule has 0 radical (unpaired) electrons. The van der Waals surface area contributed by atoms with Crippen LogP contribution in [0.3, 0.4) is 0 Å². The lowest BCUT2D eigenvalue weighted by Gasteiger charge is -2.24. The molecule has 1 fully saturated rings. The zero-order valence-electron chi connectivity index (χ0n) is 12.9. The van der Waals surface area contributed by atoms with Crippen molar-refractivity contribution < 1.29 is 4.74 Å². The van der Waals surface area contributed by atoms with Gasteiger partial charge in [-0.05, 0) is 56.2 Å². The topological polar surface area (TPSA) is 47.3 Å². The summed E-state index contributed by atoms with van der Waals surface area (Å²) < 4.78 is 5.69. The summed E-state index contributed by atoms with van der Waals surface area (Å²) in [6.07, 6.45) is 5.40. The average molecular weight is 276 g/mol. The maximum Gasteiger partial charge on any atom is 0.119 e. The number of nitrogens with two attached hydrogens (primary N) is 1. The molecule has 1 aliphatic carbocycles. The molecule has 2 rings (SSSR count). The second-order valence-electron chi connectivity index (χ2n) is 6.23. The first-order valence-corrected chi connectivity index (χ1v) is 7.86. The van der Waals surface area contributed by atoms with Gasteiger partial charge in [0.25, 0.3) is 0 Å². The molecule has 0 saturated heterocycles. The highest BCUT2D eigenvalue weighted by Gasteiger charge is 2.30. The molecule has 0 bridgehead atoms. The standard InChI is InChI=1S/C17H28N2O/c1-4-13-5-6-15(11-13)17(19-18)14-7-9-16(10-8-14)20-12(2)3/h7-10,12-13,15,17,19H,4-6,11,18H2,1-3H3. The Morgan fingerprint density at radius 3 is 2.45 bits per heavy atom. The molecule has 3 nitrogen and oxygen atoms in total. The zero-order valence-corrected chi connectivity index (χ0v) is 12.9. The molecule has 0 heterocycles. The SMILES string of the molecule is CCC1CCC(C(NN)c2ccc(OC(C)C)cc2)C1. The first-order chi connectivity index (χ1) is 9.63. The van der Waals surface area contributed by atoms with Crippen molar-refractivity contribution in [2.24, 2.45) is 17.7 Å². The van der Waals surface area contributed by atoms with Gasteiger partial charge < -0.3 is 4.74 Å². The summed E-state index contributed by atoms with van der Waals surface area (Å²) in [5.74, 6) is 8.27. The number of rotatable bonds is 6. The molecule has 0 spiro atoms. The summed E-state index contributed by atoms with van der Waals surface area (Å²) in [5.41, 5.74) is 4.29. The third kappa shape index (κ3) is 3.74. The molecule has 1 aromatic rings. The minimum Gasteiger partial charge on any atom is -0.491 e. The molecular formula is C17H28N2O. The van der Waals surface area contributed by atoms with Gasteiger partial charge in [-0.25, -0.2) is 0 Å². The van der Waals surface area contributed by atoms with Crippen LogP contribution in [0.5, 0.6) is 5.75 Å². The van der Waals surface area contributed by atoms with E-state index in [0.717, 1.165) is 11.7 Å². The molecule has 0 aliphatic heterocycles. The molecular weight excluding hydrogens is 248 g/mol. The first kappa shape index (κ1) is 15.3. The fourth-order valence-electron chi connectivity index (χ4n) is 3.32. The maximum absolute atomic E-state index is 5.81. The Labute approximate surface area is 122 Å². The predicted molar refractivity (Wildman–Crippen MR) is 83.4 cm³/mol. The van der Waals surface area contributed by atoms with Gasteiger partial charge in [0.05, 0.1) is 6.10 Å². The van der Waals surface area contributed by atoms with Crippen LogP contribution >= 0.6 is 0 Å². The Balaban J connectivity index is 2.04. The van der Waals surface area contributed by atoms with Crippen molar-refractivity contribution >= 4 is 0 Å². The molecule has 3 N–H and O–H groups in total. The highest BCUT2D eigenvalue weighted by molar-refractivity contribution is 5.29. The van der Waals surface area contributed by atoms with E-state index in [2.05, 4.69) is 24.5 Å². The van der Waals surface area contributed by atoms with Gasteiger partial charge >= 0.3 is 0 Å². The second-order valence-corrected chi connectivity index (χ2v) is 6.23. The third-order valence-electron chi connectivity index (χ3n) is 4.42. The van der Waals surface area contributed by atoms with Crippen molar-refractivity contribution in [3.05, 3.63) is 29.8 Å². The Hall–Kier alpha value is -1.06. The summed E-state index contributed by atoms with van der Waals surface area (Å²) >= 11 is 0. The molecule has 3 unspecified atom stereocenters. The molecule has 3 heteroatoms. The summed E-state index contributed by atoms with van der Waals surface area (Å²) in [7, 11) is 0. The summed E-state index contributed by atoms with van der Waals surface area (Å²) in [6, 6.07) is 8.64. The van der Waals surface area contributed by atoms with E-state index >= 15 is 0 Å². The molecule has 1 saturated carbocycles. The van der Waals surface area contributed by atoms with Gasteiger partial charge in [0.15, 0.2) is 0 Å². The number of hydrazine groups is 1. The third-order valence-corrected chi connectivity index (χ3v) is 4.42. The van der Waals surface area contributed by atoms with Crippen LogP contribution in [0.15, 0.2) is 24.3 Å². The molecule has 112 valence electrons. The Kier molecular flexibility index (Phi) is 5.44. The van der Waals surface area contributed by atoms with Crippen molar-refractivity contribution in [2.45, 2.75) is 58.6 Å². The van der Waals surface area contributed by atoms with Gasteiger partial charge in [0.1, 0.15) is 5.75 Å². The number of hydrogen-bond acceptors (Lipinski definition) is 3. The van der Waals surface area contributed by atoms with Gasteiger partial charge in [-0.15, -0.1) is 0 Å². The second kappa shape index (κ2) is 7.09. The summed E-state index contributed by atoms with van der Waals surface area (Å²) in [4.78, 5) is 0. The Morgan fingerprint density at radius 2 is 1.95 bits per heavy atom. The smallest absolute Gasteiger partial charge is 0.119 e. The normalized spacial score (nSPS) is 24.1. The van der Waals surface area contributed by atoms with Crippen molar-refractivity contribution in [1.29, 1.82) is 0 Å². The number of benzene rings is 1. The van der Waals surface area contributed by atoms with Crippen molar-refractivity contribution in [2.75, 3.05) is 0 Å². The van der Waals surface area contributed by atoms with Gasteiger partial charge in [-0.1, -0.05) is 31.9 Å². The molecule has 1 aromatic carbocycles. The largest absolute Gasteiger partial charge is 0.491 e. The fourth-order valence-corrected chi connectivity index (χ4v) is 3.32. The van der Waals surface area contributed by atoms with Gasteiger partial charge in [0.2, 0.25) is 0 Å².